The minimum absolute atomic E-state index is 0.0318. The summed E-state index contributed by atoms with van der Waals surface area (Å²) >= 11 is 0. The molecule has 2 fully saturated rings. The Hall–Kier alpha value is -2.37. The maximum Gasteiger partial charge on any atom is 0.228 e. The van der Waals surface area contributed by atoms with Crippen molar-refractivity contribution in [1.82, 2.24) is 15.0 Å². The van der Waals surface area contributed by atoms with Crippen LogP contribution in [-0.4, -0.2) is 40.6 Å². The SMILES string of the molecule is Cc1cc([C@@H]2CCCN2C(=O)[C@H]2CCCN(c3ccccn3)C2)no1. The number of likely N-dealkylation sites (tertiary alicyclic amines) is 1. The third-order valence-electron chi connectivity index (χ3n) is 5.27. The molecule has 4 heterocycles. The van der Waals surface area contributed by atoms with Crippen LogP contribution in [0.5, 0.6) is 0 Å². The predicted molar refractivity (Wildman–Crippen MR) is 94.1 cm³/mol. The highest BCUT2D eigenvalue weighted by atomic mass is 16.5. The second-order valence-electron chi connectivity index (χ2n) is 7.03. The van der Waals surface area contributed by atoms with Crippen LogP contribution < -0.4 is 4.90 Å². The van der Waals surface area contributed by atoms with Gasteiger partial charge in [0.25, 0.3) is 0 Å². The minimum atomic E-state index is 0.0318. The van der Waals surface area contributed by atoms with E-state index < -0.39 is 0 Å². The number of hydrogen-bond donors (Lipinski definition) is 0. The van der Waals surface area contributed by atoms with Gasteiger partial charge in [-0.1, -0.05) is 11.2 Å². The van der Waals surface area contributed by atoms with E-state index >= 15 is 0 Å². The van der Waals surface area contributed by atoms with E-state index in [2.05, 4.69) is 15.0 Å². The van der Waals surface area contributed by atoms with E-state index in [-0.39, 0.29) is 17.9 Å². The molecule has 132 valence electrons. The van der Waals surface area contributed by atoms with Gasteiger partial charge in [-0.3, -0.25) is 4.79 Å². The summed E-state index contributed by atoms with van der Waals surface area (Å²) in [5.74, 6) is 2.05. The van der Waals surface area contributed by atoms with Gasteiger partial charge in [0.15, 0.2) is 0 Å². The number of pyridine rings is 1. The monoisotopic (exact) mass is 340 g/mol. The summed E-state index contributed by atoms with van der Waals surface area (Å²) < 4.78 is 5.22. The number of aromatic nitrogens is 2. The van der Waals surface area contributed by atoms with Crippen molar-refractivity contribution in [1.29, 1.82) is 0 Å². The molecule has 2 aliphatic rings. The first-order chi connectivity index (χ1) is 12.2. The highest BCUT2D eigenvalue weighted by molar-refractivity contribution is 5.80. The standard InChI is InChI=1S/C19H24N4O2/c1-14-12-16(21-25-14)17-7-5-11-23(17)19(24)15-6-4-10-22(13-15)18-8-2-3-9-20-18/h2-3,8-9,12,15,17H,4-7,10-11,13H2,1H3/t15-,17-/m0/s1. The first-order valence-corrected chi connectivity index (χ1v) is 9.12. The van der Waals surface area contributed by atoms with E-state index in [0.29, 0.717) is 0 Å². The second-order valence-corrected chi connectivity index (χ2v) is 7.03. The third kappa shape index (κ3) is 3.25. The van der Waals surface area contributed by atoms with Gasteiger partial charge in [-0.05, 0) is 44.7 Å². The van der Waals surface area contributed by atoms with Gasteiger partial charge in [0.2, 0.25) is 5.91 Å². The average molecular weight is 340 g/mol. The zero-order valence-electron chi connectivity index (χ0n) is 14.6. The molecule has 2 atom stereocenters. The largest absolute Gasteiger partial charge is 0.361 e. The normalized spacial score (nSPS) is 23.9. The molecule has 6 nitrogen and oxygen atoms in total. The Bertz CT molecular complexity index is 730. The summed E-state index contributed by atoms with van der Waals surface area (Å²) in [7, 11) is 0. The quantitative estimate of drug-likeness (QED) is 0.859. The Morgan fingerprint density at radius 3 is 2.88 bits per heavy atom. The molecule has 2 aromatic heterocycles. The molecular formula is C19H24N4O2. The number of piperidine rings is 1. The van der Waals surface area contributed by atoms with Crippen LogP contribution in [0.4, 0.5) is 5.82 Å². The van der Waals surface area contributed by atoms with E-state index in [0.717, 1.165) is 62.6 Å². The molecule has 0 spiro atoms. The smallest absolute Gasteiger partial charge is 0.228 e. The highest BCUT2D eigenvalue weighted by Gasteiger charge is 2.37. The van der Waals surface area contributed by atoms with Crippen molar-refractivity contribution in [2.24, 2.45) is 5.92 Å². The van der Waals surface area contributed by atoms with Crippen LogP contribution in [0, 0.1) is 12.8 Å². The zero-order chi connectivity index (χ0) is 17.2. The lowest BCUT2D eigenvalue weighted by atomic mass is 9.96. The van der Waals surface area contributed by atoms with Crippen molar-refractivity contribution >= 4 is 11.7 Å². The van der Waals surface area contributed by atoms with E-state index in [1.807, 2.05) is 42.3 Å². The van der Waals surface area contributed by atoms with Crippen LogP contribution in [0.25, 0.3) is 0 Å². The predicted octanol–water partition coefficient (Wildman–Crippen LogP) is 2.96. The molecule has 0 aliphatic carbocycles. The van der Waals surface area contributed by atoms with Crippen molar-refractivity contribution < 1.29 is 9.32 Å². The molecular weight excluding hydrogens is 316 g/mol. The first-order valence-electron chi connectivity index (χ1n) is 9.12. The molecule has 25 heavy (non-hydrogen) atoms. The van der Waals surface area contributed by atoms with Gasteiger partial charge in [-0.15, -0.1) is 0 Å². The molecule has 0 unspecified atom stereocenters. The lowest BCUT2D eigenvalue weighted by Crippen LogP contribution is -2.45. The van der Waals surface area contributed by atoms with Crippen LogP contribution in [0.1, 0.15) is 43.2 Å². The second kappa shape index (κ2) is 6.86. The molecule has 2 aliphatic heterocycles. The van der Waals surface area contributed by atoms with Crippen LogP contribution in [0.2, 0.25) is 0 Å². The van der Waals surface area contributed by atoms with Crippen molar-refractivity contribution in [2.45, 2.75) is 38.6 Å². The fourth-order valence-corrected chi connectivity index (χ4v) is 4.04. The first kappa shape index (κ1) is 16.1. The van der Waals surface area contributed by atoms with Crippen molar-refractivity contribution in [2.75, 3.05) is 24.5 Å². The number of carbonyl (C=O) groups is 1. The summed E-state index contributed by atoms with van der Waals surface area (Å²) in [6.45, 7) is 4.42. The summed E-state index contributed by atoms with van der Waals surface area (Å²) in [5, 5.41) is 4.15. The fourth-order valence-electron chi connectivity index (χ4n) is 4.04. The number of hydrogen-bond acceptors (Lipinski definition) is 5. The fraction of sp³-hybridized carbons (Fsp3) is 0.526. The minimum Gasteiger partial charge on any atom is -0.361 e. The Morgan fingerprint density at radius 2 is 2.12 bits per heavy atom. The summed E-state index contributed by atoms with van der Waals surface area (Å²) in [4.78, 5) is 21.9. The van der Waals surface area contributed by atoms with Crippen LogP contribution in [-0.2, 0) is 4.79 Å². The molecule has 1 amide bonds. The number of nitrogens with zero attached hydrogens (tertiary/aromatic N) is 4. The number of anilines is 1. The van der Waals surface area contributed by atoms with Gasteiger partial charge in [-0.2, -0.15) is 0 Å². The zero-order valence-corrected chi connectivity index (χ0v) is 14.6. The average Bonchev–Trinajstić information content (AvgIpc) is 3.30. The molecule has 0 bridgehead atoms. The van der Waals surface area contributed by atoms with Gasteiger partial charge >= 0.3 is 0 Å². The molecule has 6 heteroatoms. The van der Waals surface area contributed by atoms with Crippen LogP contribution >= 0.6 is 0 Å². The Kier molecular flexibility index (Phi) is 4.42. The molecule has 0 saturated carbocycles. The topological polar surface area (TPSA) is 62.5 Å². The summed E-state index contributed by atoms with van der Waals surface area (Å²) in [6, 6.07) is 7.96. The lowest BCUT2D eigenvalue weighted by Gasteiger charge is -2.35. The van der Waals surface area contributed by atoms with Gasteiger partial charge in [0.05, 0.1) is 12.0 Å². The maximum absolute atomic E-state index is 13.2. The maximum atomic E-state index is 13.2. The molecule has 2 saturated heterocycles. The number of aryl methyl sites for hydroxylation is 1. The van der Waals surface area contributed by atoms with Crippen LogP contribution in [0.15, 0.2) is 35.0 Å². The Balaban J connectivity index is 1.48. The molecule has 0 aromatic carbocycles. The summed E-state index contributed by atoms with van der Waals surface area (Å²) in [6.07, 6.45) is 5.77. The molecule has 4 rings (SSSR count). The van der Waals surface area contributed by atoms with Gasteiger partial charge in [0.1, 0.15) is 17.3 Å². The van der Waals surface area contributed by atoms with E-state index in [9.17, 15) is 4.79 Å². The van der Waals surface area contributed by atoms with E-state index in [1.165, 1.54) is 0 Å². The van der Waals surface area contributed by atoms with Gasteiger partial charge in [0, 0.05) is 31.9 Å². The number of amides is 1. The number of rotatable bonds is 3. The van der Waals surface area contributed by atoms with E-state index in [1.54, 1.807) is 0 Å². The van der Waals surface area contributed by atoms with Crippen molar-refractivity contribution in [3.63, 3.8) is 0 Å². The van der Waals surface area contributed by atoms with Gasteiger partial charge in [-0.25, -0.2) is 4.98 Å². The van der Waals surface area contributed by atoms with Gasteiger partial charge < -0.3 is 14.3 Å². The number of carbonyl (C=O) groups excluding carboxylic acids is 1. The molecule has 0 N–H and O–H groups in total. The van der Waals surface area contributed by atoms with Crippen LogP contribution in [0.3, 0.4) is 0 Å². The summed E-state index contributed by atoms with van der Waals surface area (Å²) in [5.41, 5.74) is 0.890. The van der Waals surface area contributed by atoms with E-state index in [4.69, 9.17) is 4.52 Å². The highest BCUT2D eigenvalue weighted by Crippen LogP contribution is 2.34. The Labute approximate surface area is 147 Å². The Morgan fingerprint density at radius 1 is 1.24 bits per heavy atom. The molecule has 2 aromatic rings. The molecule has 0 radical (unpaired) electrons. The lowest BCUT2D eigenvalue weighted by molar-refractivity contribution is -0.136. The van der Waals surface area contributed by atoms with Crippen molar-refractivity contribution in [3.05, 3.63) is 41.9 Å². The van der Waals surface area contributed by atoms with Crippen molar-refractivity contribution in [3.8, 4) is 0 Å². The third-order valence-corrected chi connectivity index (χ3v) is 5.27.